The number of aliphatic hydroxyl groups excluding tert-OH is 1. The van der Waals surface area contributed by atoms with E-state index < -0.39 is 107 Å². The minimum atomic E-state index is -2.44. The van der Waals surface area contributed by atoms with Crippen molar-refractivity contribution >= 4 is 35.6 Å². The summed E-state index contributed by atoms with van der Waals surface area (Å²) >= 11 is 0. The van der Waals surface area contributed by atoms with E-state index in [0.717, 1.165) is 34.6 Å². The van der Waals surface area contributed by atoms with Gasteiger partial charge in [0.2, 0.25) is 0 Å². The summed E-state index contributed by atoms with van der Waals surface area (Å²) in [6, 6.07) is 0. The van der Waals surface area contributed by atoms with Crippen molar-refractivity contribution < 1.29 is 67.4 Å². The van der Waals surface area contributed by atoms with Gasteiger partial charge in [0, 0.05) is 64.7 Å². The van der Waals surface area contributed by atoms with Gasteiger partial charge < -0.3 is 38.6 Å². The van der Waals surface area contributed by atoms with Crippen LogP contribution in [0.25, 0.3) is 0 Å². The standard InChI is InChI=1S/C30H40O14/c1-13-20(40-14(2)32)10-22(41-15(3)33)29(11-31)23(13)24(42-16(4)34)19-9-21(37)28(8)30(38,27(19,7)12-39-28)26(44-18(6)36)25(29)43-17(5)35/h19-20,22-26,31,38H,1,9-12H2,2-8H3/t19-,20-,22-,23-,24+,25-,26-,27?,28+,29+,30-/m0/s1. The zero-order chi connectivity index (χ0) is 33.2. The van der Waals surface area contributed by atoms with Crippen molar-refractivity contribution in [3.63, 3.8) is 0 Å². The lowest BCUT2D eigenvalue weighted by Crippen LogP contribution is -2.81. The first kappa shape index (κ1) is 33.5. The van der Waals surface area contributed by atoms with Crippen LogP contribution in [0, 0.1) is 22.7 Å². The summed E-state index contributed by atoms with van der Waals surface area (Å²) in [5, 5.41) is 24.3. The molecule has 0 spiro atoms. The van der Waals surface area contributed by atoms with Crippen LogP contribution in [0.1, 0.15) is 61.3 Å². The average molecular weight is 625 g/mol. The summed E-state index contributed by atoms with van der Waals surface area (Å²) in [6.07, 6.45) is -8.35. The number of fused-ring (bicyclic) bond motifs is 1. The number of hydrogen-bond donors (Lipinski definition) is 2. The lowest BCUT2D eigenvalue weighted by Gasteiger charge is -2.65. The summed E-state index contributed by atoms with van der Waals surface area (Å²) < 4.78 is 34.9. The first-order valence-electron chi connectivity index (χ1n) is 14.4. The van der Waals surface area contributed by atoms with Crippen LogP contribution in [0.4, 0.5) is 0 Å². The van der Waals surface area contributed by atoms with Crippen molar-refractivity contribution in [3.05, 3.63) is 12.2 Å². The van der Waals surface area contributed by atoms with E-state index in [0.29, 0.717) is 0 Å². The molecule has 1 heterocycles. The fraction of sp³-hybridized carbons (Fsp3) is 0.733. The molecule has 0 aromatic heterocycles. The molecule has 1 saturated heterocycles. The summed E-state index contributed by atoms with van der Waals surface area (Å²) in [5.41, 5.74) is -7.90. The average Bonchev–Trinajstić information content (AvgIpc) is 3.04. The summed E-state index contributed by atoms with van der Waals surface area (Å²) in [4.78, 5) is 77.0. The molecule has 2 N–H and O–H groups in total. The summed E-state index contributed by atoms with van der Waals surface area (Å²) in [6.45, 7) is 11.3. The van der Waals surface area contributed by atoms with Crippen molar-refractivity contribution in [1.29, 1.82) is 0 Å². The van der Waals surface area contributed by atoms with Gasteiger partial charge in [0.05, 0.1) is 18.6 Å². The van der Waals surface area contributed by atoms with Crippen LogP contribution in [-0.2, 0) is 57.2 Å². The van der Waals surface area contributed by atoms with E-state index in [4.69, 9.17) is 28.4 Å². The predicted octanol–water partition coefficient (Wildman–Crippen LogP) is 0.329. The Bertz CT molecular complexity index is 1290. The topological polar surface area (TPSA) is 198 Å². The minimum absolute atomic E-state index is 0.0939. The second-order valence-corrected chi connectivity index (χ2v) is 12.6. The Kier molecular flexibility index (Phi) is 8.55. The smallest absolute Gasteiger partial charge is 0.303 e. The van der Waals surface area contributed by atoms with Gasteiger partial charge in [0.1, 0.15) is 23.9 Å². The molecule has 244 valence electrons. The minimum Gasteiger partial charge on any atom is -0.462 e. The predicted molar refractivity (Wildman–Crippen MR) is 145 cm³/mol. The number of Topliss-reactive ketones (excluding diaryl/α,β-unsaturated/α-hetero) is 1. The number of carbonyl (C=O) groups excluding carboxylic acids is 6. The number of rotatable bonds is 6. The molecule has 14 heteroatoms. The van der Waals surface area contributed by atoms with Gasteiger partial charge in [0.15, 0.2) is 23.6 Å². The third-order valence-electron chi connectivity index (χ3n) is 10.2. The number of carbonyl (C=O) groups is 6. The molecule has 44 heavy (non-hydrogen) atoms. The molecular formula is C30H40O14. The van der Waals surface area contributed by atoms with Gasteiger partial charge in [0.25, 0.3) is 0 Å². The third-order valence-corrected chi connectivity index (χ3v) is 10.2. The molecule has 11 atom stereocenters. The van der Waals surface area contributed by atoms with Gasteiger partial charge in [-0.2, -0.15) is 0 Å². The van der Waals surface area contributed by atoms with Gasteiger partial charge in [-0.25, -0.2) is 0 Å². The Hall–Kier alpha value is -3.36. The Morgan fingerprint density at radius 1 is 0.864 bits per heavy atom. The first-order chi connectivity index (χ1) is 20.3. The highest BCUT2D eigenvalue weighted by Gasteiger charge is 2.83. The molecule has 0 aromatic carbocycles. The fourth-order valence-corrected chi connectivity index (χ4v) is 8.35. The molecule has 14 nitrogen and oxygen atoms in total. The molecule has 4 rings (SSSR count). The van der Waals surface area contributed by atoms with E-state index in [2.05, 4.69) is 6.58 Å². The maximum atomic E-state index is 13.9. The van der Waals surface area contributed by atoms with E-state index in [1.165, 1.54) is 6.92 Å². The van der Waals surface area contributed by atoms with Crippen molar-refractivity contribution in [2.75, 3.05) is 13.2 Å². The second kappa shape index (κ2) is 11.2. The highest BCUT2D eigenvalue weighted by atomic mass is 16.6. The van der Waals surface area contributed by atoms with Crippen molar-refractivity contribution in [2.24, 2.45) is 22.7 Å². The van der Waals surface area contributed by atoms with E-state index in [1.807, 2.05) is 0 Å². The van der Waals surface area contributed by atoms with E-state index in [1.54, 1.807) is 6.92 Å². The van der Waals surface area contributed by atoms with Crippen molar-refractivity contribution in [1.82, 2.24) is 0 Å². The van der Waals surface area contributed by atoms with E-state index in [-0.39, 0.29) is 25.0 Å². The van der Waals surface area contributed by atoms with Crippen molar-refractivity contribution in [3.8, 4) is 0 Å². The van der Waals surface area contributed by atoms with E-state index in [9.17, 15) is 39.0 Å². The number of aliphatic hydroxyl groups is 2. The number of esters is 5. The lowest BCUT2D eigenvalue weighted by molar-refractivity contribution is -0.302. The molecule has 1 aliphatic heterocycles. The van der Waals surface area contributed by atoms with Gasteiger partial charge in [-0.3, -0.25) is 28.8 Å². The molecular weight excluding hydrogens is 584 g/mol. The van der Waals surface area contributed by atoms with Crippen LogP contribution in [0.5, 0.6) is 0 Å². The third kappa shape index (κ3) is 4.64. The van der Waals surface area contributed by atoms with Crippen LogP contribution in [-0.4, -0.2) is 101 Å². The van der Waals surface area contributed by atoms with Crippen LogP contribution < -0.4 is 0 Å². The number of hydrogen-bond acceptors (Lipinski definition) is 14. The molecule has 0 radical (unpaired) electrons. The van der Waals surface area contributed by atoms with Gasteiger partial charge in [-0.05, 0) is 12.5 Å². The molecule has 1 unspecified atom stereocenters. The SMILES string of the molecule is C=C1[C@@H](OC(C)=O)C[C@H](OC(C)=O)[C@@]2(CO)[C@@H](OC(C)=O)[C@H](OC(C)=O)[C@]3(O)C4(C)CO[C@]3(C)C(=O)C[C@H]4[C@@H](OC(C)=O)[C@H]12. The molecule has 3 aliphatic carbocycles. The fourth-order valence-electron chi connectivity index (χ4n) is 8.35. The zero-order valence-corrected chi connectivity index (χ0v) is 25.9. The van der Waals surface area contributed by atoms with Gasteiger partial charge >= 0.3 is 29.8 Å². The molecule has 0 amide bonds. The zero-order valence-electron chi connectivity index (χ0n) is 25.9. The highest BCUT2D eigenvalue weighted by Crippen LogP contribution is 2.67. The van der Waals surface area contributed by atoms with Gasteiger partial charge in [-0.15, -0.1) is 0 Å². The number of ether oxygens (including phenoxy) is 6. The Balaban J connectivity index is 2.19. The van der Waals surface area contributed by atoms with Crippen LogP contribution >= 0.6 is 0 Å². The van der Waals surface area contributed by atoms with E-state index >= 15 is 0 Å². The Morgan fingerprint density at radius 2 is 1.39 bits per heavy atom. The quantitative estimate of drug-likeness (QED) is 0.233. The van der Waals surface area contributed by atoms with Crippen LogP contribution in [0.2, 0.25) is 0 Å². The molecule has 4 fully saturated rings. The largest absolute Gasteiger partial charge is 0.462 e. The lowest BCUT2D eigenvalue weighted by atomic mass is 9.43. The van der Waals surface area contributed by atoms with Gasteiger partial charge in [-0.1, -0.05) is 13.5 Å². The normalized spacial score (nSPS) is 42.6. The molecule has 3 saturated carbocycles. The molecule has 4 aliphatic rings. The Labute approximate surface area is 254 Å². The molecule has 0 aromatic rings. The maximum Gasteiger partial charge on any atom is 0.303 e. The summed E-state index contributed by atoms with van der Waals surface area (Å²) in [7, 11) is 0. The molecule has 4 bridgehead atoms. The maximum absolute atomic E-state index is 13.9. The van der Waals surface area contributed by atoms with Crippen LogP contribution in [0.15, 0.2) is 12.2 Å². The van der Waals surface area contributed by atoms with Crippen molar-refractivity contribution in [2.45, 2.75) is 103 Å². The second-order valence-electron chi connectivity index (χ2n) is 12.6. The monoisotopic (exact) mass is 624 g/mol. The number of ketones is 1. The first-order valence-corrected chi connectivity index (χ1v) is 14.4. The summed E-state index contributed by atoms with van der Waals surface area (Å²) in [5.74, 6) is -7.26. The highest BCUT2D eigenvalue weighted by molar-refractivity contribution is 5.91. The van der Waals surface area contributed by atoms with Crippen LogP contribution in [0.3, 0.4) is 0 Å². The Morgan fingerprint density at radius 3 is 1.89 bits per heavy atom.